The third-order valence-electron chi connectivity index (χ3n) is 7.15. The molecule has 2 unspecified atom stereocenters. The minimum absolute atomic E-state index is 0.0128. The van der Waals surface area contributed by atoms with Crippen molar-refractivity contribution in [3.05, 3.63) is 12.7 Å². The van der Waals surface area contributed by atoms with Crippen molar-refractivity contribution in [2.75, 3.05) is 19.7 Å². The first-order valence-corrected chi connectivity index (χ1v) is 12.4. The molecule has 0 aliphatic carbocycles. The fraction of sp³-hybridized carbons (Fsp3) is 0.792. The van der Waals surface area contributed by atoms with Crippen LogP contribution in [0.4, 0.5) is 0 Å². The molecule has 7 nitrogen and oxygen atoms in total. The Balaban J connectivity index is 2.05. The molecular formula is C24H38N2O5S. The second kappa shape index (κ2) is 8.67. The first-order valence-electron chi connectivity index (χ1n) is 11.5. The van der Waals surface area contributed by atoms with Gasteiger partial charge in [-0.1, -0.05) is 26.8 Å². The average molecular weight is 467 g/mol. The van der Waals surface area contributed by atoms with E-state index in [1.807, 2.05) is 18.7 Å². The summed E-state index contributed by atoms with van der Waals surface area (Å²) in [7, 11) is 0. The molecule has 8 heteroatoms. The molecule has 2 amide bonds. The van der Waals surface area contributed by atoms with Crippen LogP contribution in [0.3, 0.4) is 0 Å². The third-order valence-corrected chi connectivity index (χ3v) is 9.10. The fourth-order valence-corrected chi connectivity index (χ4v) is 8.71. The molecule has 0 aromatic carbocycles. The Morgan fingerprint density at radius 1 is 1.31 bits per heavy atom. The standard InChI is InChI=1S/C24H38N2O5S/c1-7-11-26(23(5,6)14-22(2,3)4)20(29)18-24-10-9-15(32-24)16(21(30)31)17(24)19(28)25(18)12-8-13-27/h7,15-18,27H,1,8-14H2,2-6H3,(H,30,31)/t15-,16+,17+,18?,24?/m1/s1. The van der Waals surface area contributed by atoms with Crippen molar-refractivity contribution in [3.8, 4) is 0 Å². The third kappa shape index (κ3) is 4.09. The molecule has 0 saturated carbocycles. The van der Waals surface area contributed by atoms with E-state index in [2.05, 4.69) is 27.4 Å². The maximum Gasteiger partial charge on any atom is 0.308 e. The van der Waals surface area contributed by atoms with Crippen LogP contribution in [0.2, 0.25) is 0 Å². The number of hydrogen-bond acceptors (Lipinski definition) is 5. The topological polar surface area (TPSA) is 98.2 Å². The zero-order valence-electron chi connectivity index (χ0n) is 20.0. The number of carbonyl (C=O) groups is 3. The maximum atomic E-state index is 14.2. The predicted molar refractivity (Wildman–Crippen MR) is 125 cm³/mol. The fourth-order valence-electron chi connectivity index (χ4n) is 6.50. The van der Waals surface area contributed by atoms with E-state index >= 15 is 0 Å². The van der Waals surface area contributed by atoms with Crippen molar-refractivity contribution in [2.45, 2.75) is 81.9 Å². The lowest BCUT2D eigenvalue weighted by atomic mass is 9.71. The number of hydrogen-bond donors (Lipinski definition) is 2. The summed E-state index contributed by atoms with van der Waals surface area (Å²) in [6.45, 7) is 14.9. The van der Waals surface area contributed by atoms with E-state index in [4.69, 9.17) is 0 Å². The van der Waals surface area contributed by atoms with Crippen molar-refractivity contribution >= 4 is 29.5 Å². The number of carboxylic acids is 1. The van der Waals surface area contributed by atoms with Gasteiger partial charge in [-0.2, -0.15) is 0 Å². The molecule has 3 aliphatic rings. The van der Waals surface area contributed by atoms with E-state index in [-0.39, 0.29) is 35.6 Å². The molecular weight excluding hydrogens is 428 g/mol. The van der Waals surface area contributed by atoms with E-state index in [0.717, 1.165) is 6.42 Å². The van der Waals surface area contributed by atoms with Crippen LogP contribution in [-0.4, -0.2) is 79.1 Å². The summed E-state index contributed by atoms with van der Waals surface area (Å²) in [4.78, 5) is 43.3. The van der Waals surface area contributed by atoms with Crippen molar-refractivity contribution in [3.63, 3.8) is 0 Å². The minimum atomic E-state index is -0.950. The van der Waals surface area contributed by atoms with Gasteiger partial charge in [-0.3, -0.25) is 14.4 Å². The normalized spacial score (nSPS) is 31.7. The average Bonchev–Trinajstić information content (AvgIpc) is 3.29. The molecule has 3 rings (SSSR count). The number of amides is 2. The molecule has 2 N–H and O–H groups in total. The van der Waals surface area contributed by atoms with Gasteiger partial charge in [0.2, 0.25) is 11.8 Å². The summed E-state index contributed by atoms with van der Waals surface area (Å²) in [5.41, 5.74) is -0.488. The largest absolute Gasteiger partial charge is 0.481 e. The Morgan fingerprint density at radius 2 is 1.97 bits per heavy atom. The van der Waals surface area contributed by atoms with Crippen LogP contribution in [0.1, 0.15) is 60.3 Å². The molecule has 5 atom stereocenters. The molecule has 180 valence electrons. The highest BCUT2D eigenvalue weighted by Crippen LogP contribution is 2.66. The Bertz CT molecular complexity index is 792. The summed E-state index contributed by atoms with van der Waals surface area (Å²) >= 11 is 1.54. The summed E-state index contributed by atoms with van der Waals surface area (Å²) in [5.74, 6) is -2.77. The highest BCUT2D eigenvalue weighted by Gasteiger charge is 2.74. The highest BCUT2D eigenvalue weighted by atomic mass is 32.2. The number of rotatable bonds is 9. The summed E-state index contributed by atoms with van der Waals surface area (Å²) in [6.07, 6.45) is 4.20. The van der Waals surface area contributed by atoms with Gasteiger partial charge in [0.1, 0.15) is 6.04 Å². The van der Waals surface area contributed by atoms with Gasteiger partial charge < -0.3 is 20.0 Å². The molecule has 2 bridgehead atoms. The van der Waals surface area contributed by atoms with Gasteiger partial charge in [0.15, 0.2) is 0 Å². The van der Waals surface area contributed by atoms with Gasteiger partial charge in [0.25, 0.3) is 0 Å². The lowest BCUT2D eigenvalue weighted by Crippen LogP contribution is -2.60. The number of carbonyl (C=O) groups excluding carboxylic acids is 2. The zero-order valence-corrected chi connectivity index (χ0v) is 20.8. The molecule has 3 heterocycles. The van der Waals surface area contributed by atoms with E-state index in [0.29, 0.717) is 25.8 Å². The minimum Gasteiger partial charge on any atom is -0.481 e. The van der Waals surface area contributed by atoms with Crippen LogP contribution in [0, 0.1) is 17.3 Å². The Kier molecular flexibility index (Phi) is 6.80. The molecule has 0 aromatic heterocycles. The number of fused-ring (bicyclic) bond motifs is 1. The zero-order chi connectivity index (χ0) is 24.1. The number of carboxylic acid groups (broad SMARTS) is 1. The molecule has 3 saturated heterocycles. The highest BCUT2D eigenvalue weighted by molar-refractivity contribution is 8.02. The summed E-state index contributed by atoms with van der Waals surface area (Å²) in [6, 6.07) is -0.718. The van der Waals surface area contributed by atoms with Gasteiger partial charge in [-0.05, 0) is 44.9 Å². The quantitative estimate of drug-likeness (QED) is 0.507. The Labute approximate surface area is 195 Å². The van der Waals surface area contributed by atoms with E-state index in [1.165, 1.54) is 0 Å². The van der Waals surface area contributed by atoms with E-state index in [1.54, 1.807) is 22.7 Å². The monoisotopic (exact) mass is 466 g/mol. The van der Waals surface area contributed by atoms with Crippen molar-refractivity contribution in [1.29, 1.82) is 0 Å². The Hall–Kier alpha value is -1.54. The molecule has 3 fully saturated rings. The smallest absolute Gasteiger partial charge is 0.308 e. The van der Waals surface area contributed by atoms with Gasteiger partial charge in [-0.15, -0.1) is 18.3 Å². The number of aliphatic hydroxyl groups excluding tert-OH is 1. The molecule has 3 aliphatic heterocycles. The van der Waals surface area contributed by atoms with Crippen LogP contribution in [0.15, 0.2) is 12.7 Å². The van der Waals surface area contributed by atoms with Gasteiger partial charge in [0, 0.05) is 30.5 Å². The van der Waals surface area contributed by atoms with Crippen LogP contribution in [0.25, 0.3) is 0 Å². The van der Waals surface area contributed by atoms with E-state index in [9.17, 15) is 24.6 Å². The lowest BCUT2D eigenvalue weighted by Gasteiger charge is -2.46. The number of thioether (sulfide) groups is 1. The van der Waals surface area contributed by atoms with Crippen LogP contribution in [-0.2, 0) is 14.4 Å². The SMILES string of the molecule is C=CCN(C(=O)C1N(CCCO)C(=O)[C@@H]2[C@@H](C(=O)O)[C@H]3CCC12S3)C(C)(C)CC(C)(C)C. The first-order chi connectivity index (χ1) is 14.8. The summed E-state index contributed by atoms with van der Waals surface area (Å²) in [5, 5.41) is 19.2. The van der Waals surface area contributed by atoms with Crippen LogP contribution in [0.5, 0.6) is 0 Å². The second-order valence-corrected chi connectivity index (χ2v) is 12.9. The second-order valence-electron chi connectivity index (χ2n) is 11.3. The Morgan fingerprint density at radius 3 is 2.50 bits per heavy atom. The molecule has 0 aromatic rings. The first kappa shape index (κ1) is 25.1. The van der Waals surface area contributed by atoms with Crippen molar-refractivity contribution < 1.29 is 24.6 Å². The predicted octanol–water partition coefficient (Wildman–Crippen LogP) is 2.77. The number of likely N-dealkylation sites (tertiary alicyclic amines) is 1. The van der Waals surface area contributed by atoms with Gasteiger partial charge in [0.05, 0.1) is 16.6 Å². The molecule has 0 radical (unpaired) electrons. The summed E-state index contributed by atoms with van der Waals surface area (Å²) < 4.78 is -0.714. The number of aliphatic hydroxyl groups is 1. The number of nitrogens with zero attached hydrogens (tertiary/aromatic N) is 2. The van der Waals surface area contributed by atoms with Crippen LogP contribution >= 0.6 is 11.8 Å². The van der Waals surface area contributed by atoms with E-state index < -0.39 is 34.1 Å². The van der Waals surface area contributed by atoms with Crippen LogP contribution < -0.4 is 0 Å². The van der Waals surface area contributed by atoms with Crippen molar-refractivity contribution in [1.82, 2.24) is 9.80 Å². The van der Waals surface area contributed by atoms with Gasteiger partial charge >= 0.3 is 5.97 Å². The number of aliphatic carboxylic acids is 1. The van der Waals surface area contributed by atoms with Gasteiger partial charge in [-0.25, -0.2) is 0 Å². The lowest BCUT2D eigenvalue weighted by molar-refractivity contribution is -0.149. The maximum absolute atomic E-state index is 14.2. The molecule has 32 heavy (non-hydrogen) atoms. The molecule has 1 spiro atoms. The van der Waals surface area contributed by atoms with Crippen molar-refractivity contribution in [2.24, 2.45) is 17.3 Å².